The van der Waals surface area contributed by atoms with E-state index in [0.29, 0.717) is 6.61 Å². The average molecular weight is 216 g/mol. The average Bonchev–Trinajstić information content (AvgIpc) is 2.19. The maximum atomic E-state index is 10.8. The van der Waals surface area contributed by atoms with Crippen molar-refractivity contribution >= 4 is 5.97 Å². The Hall–Kier alpha value is -0.570. The molecule has 15 heavy (non-hydrogen) atoms. The summed E-state index contributed by atoms with van der Waals surface area (Å²) in [5.41, 5.74) is 0. The van der Waals surface area contributed by atoms with Gasteiger partial charge < -0.3 is 9.47 Å². The van der Waals surface area contributed by atoms with Gasteiger partial charge in [0.15, 0.2) is 0 Å². The second-order valence-corrected chi connectivity index (χ2v) is 3.76. The third-order valence-electron chi connectivity index (χ3n) is 2.10. The molecule has 0 saturated heterocycles. The summed E-state index contributed by atoms with van der Waals surface area (Å²) in [6.07, 6.45) is 6.14. The van der Waals surface area contributed by atoms with Gasteiger partial charge in [0.25, 0.3) is 0 Å². The molecule has 90 valence electrons. The Morgan fingerprint density at radius 1 is 1.13 bits per heavy atom. The zero-order chi connectivity index (χ0) is 11.5. The lowest BCUT2D eigenvalue weighted by molar-refractivity contribution is -0.177. The third-order valence-corrected chi connectivity index (χ3v) is 2.10. The first-order valence-corrected chi connectivity index (χ1v) is 5.99. The highest BCUT2D eigenvalue weighted by atomic mass is 16.7. The Kier molecular flexibility index (Phi) is 9.59. The van der Waals surface area contributed by atoms with Crippen molar-refractivity contribution in [2.75, 3.05) is 6.61 Å². The number of carbonyl (C=O) groups excluding carboxylic acids is 1. The van der Waals surface area contributed by atoms with Gasteiger partial charge >= 0.3 is 5.97 Å². The Bertz CT molecular complexity index is 157. The summed E-state index contributed by atoms with van der Waals surface area (Å²) in [5.74, 6) is -0.258. The molecule has 3 nitrogen and oxygen atoms in total. The van der Waals surface area contributed by atoms with Crippen molar-refractivity contribution in [3.05, 3.63) is 0 Å². The maximum Gasteiger partial charge on any atom is 0.304 e. The van der Waals surface area contributed by atoms with Gasteiger partial charge in [0.1, 0.15) is 0 Å². The van der Waals surface area contributed by atoms with Crippen LogP contribution >= 0.6 is 0 Å². The van der Waals surface area contributed by atoms with Gasteiger partial charge in [-0.15, -0.1) is 0 Å². The van der Waals surface area contributed by atoms with E-state index in [2.05, 4.69) is 6.92 Å². The van der Waals surface area contributed by atoms with Crippen molar-refractivity contribution in [1.82, 2.24) is 0 Å². The molecular weight excluding hydrogens is 192 g/mol. The smallest absolute Gasteiger partial charge is 0.304 e. The molecule has 0 aromatic heterocycles. The first-order chi connectivity index (χ1) is 7.20. The van der Waals surface area contributed by atoms with Crippen LogP contribution in [0.1, 0.15) is 59.3 Å². The summed E-state index contributed by atoms with van der Waals surface area (Å²) in [4.78, 5) is 10.8. The van der Waals surface area contributed by atoms with E-state index < -0.39 is 0 Å². The molecule has 0 aliphatic rings. The molecule has 0 spiro atoms. The zero-order valence-electron chi connectivity index (χ0n) is 10.3. The number of unbranched alkanes of at least 4 members (excludes halogenated alkanes) is 3. The quantitative estimate of drug-likeness (QED) is 0.337. The van der Waals surface area contributed by atoms with E-state index in [4.69, 9.17) is 9.47 Å². The first-order valence-electron chi connectivity index (χ1n) is 5.99. The van der Waals surface area contributed by atoms with Crippen LogP contribution in [-0.2, 0) is 14.3 Å². The Labute approximate surface area is 93.1 Å². The highest BCUT2D eigenvalue weighted by molar-refractivity contribution is 5.66. The van der Waals surface area contributed by atoms with E-state index in [-0.39, 0.29) is 12.3 Å². The monoisotopic (exact) mass is 216 g/mol. The minimum atomic E-state index is -0.334. The topological polar surface area (TPSA) is 35.5 Å². The molecule has 0 bridgehead atoms. The summed E-state index contributed by atoms with van der Waals surface area (Å²) < 4.78 is 10.5. The summed E-state index contributed by atoms with van der Waals surface area (Å²) in [6.45, 7) is 6.30. The number of hydrogen-bond donors (Lipinski definition) is 0. The second-order valence-electron chi connectivity index (χ2n) is 3.76. The lowest BCUT2D eigenvalue weighted by Gasteiger charge is -2.17. The molecule has 0 radical (unpaired) electrons. The van der Waals surface area contributed by atoms with Crippen LogP contribution < -0.4 is 0 Å². The number of hydrogen-bond acceptors (Lipinski definition) is 3. The normalized spacial score (nSPS) is 12.5. The highest BCUT2D eigenvalue weighted by Crippen LogP contribution is 2.10. The van der Waals surface area contributed by atoms with Crippen LogP contribution in [0.5, 0.6) is 0 Å². The Morgan fingerprint density at radius 3 is 2.40 bits per heavy atom. The van der Waals surface area contributed by atoms with Gasteiger partial charge in [-0.05, 0) is 12.8 Å². The number of esters is 1. The van der Waals surface area contributed by atoms with Gasteiger partial charge in [-0.25, -0.2) is 0 Å². The molecule has 1 atom stereocenters. The zero-order valence-corrected chi connectivity index (χ0v) is 10.3. The fourth-order valence-corrected chi connectivity index (χ4v) is 1.35. The van der Waals surface area contributed by atoms with Crippen molar-refractivity contribution in [1.29, 1.82) is 0 Å². The molecule has 0 fully saturated rings. The van der Waals surface area contributed by atoms with E-state index in [9.17, 15) is 4.79 Å². The van der Waals surface area contributed by atoms with Crippen LogP contribution in [0.15, 0.2) is 0 Å². The van der Waals surface area contributed by atoms with Crippen LogP contribution in [0.25, 0.3) is 0 Å². The van der Waals surface area contributed by atoms with Gasteiger partial charge in [-0.3, -0.25) is 4.79 Å². The van der Waals surface area contributed by atoms with Crippen molar-refractivity contribution < 1.29 is 14.3 Å². The molecule has 0 aliphatic heterocycles. The Balaban J connectivity index is 3.64. The standard InChI is InChI=1S/C12H24O3/c1-4-6-7-8-9-12(14-10-5-2)15-11(3)13/h12H,4-10H2,1-3H3. The predicted octanol–water partition coefficient (Wildman–Crippen LogP) is 3.27. The molecular formula is C12H24O3. The fourth-order valence-electron chi connectivity index (χ4n) is 1.35. The summed E-state index contributed by atoms with van der Waals surface area (Å²) >= 11 is 0. The van der Waals surface area contributed by atoms with Crippen molar-refractivity contribution in [2.45, 2.75) is 65.6 Å². The molecule has 0 aromatic rings. The van der Waals surface area contributed by atoms with Gasteiger partial charge in [-0.2, -0.15) is 0 Å². The number of rotatable bonds is 9. The van der Waals surface area contributed by atoms with E-state index >= 15 is 0 Å². The molecule has 0 aromatic carbocycles. The lowest BCUT2D eigenvalue weighted by atomic mass is 10.1. The molecule has 3 heteroatoms. The SMILES string of the molecule is CCCCCCC(OCCC)OC(C)=O. The van der Waals surface area contributed by atoms with Crippen molar-refractivity contribution in [3.63, 3.8) is 0 Å². The van der Waals surface area contributed by atoms with Crippen LogP contribution in [0.2, 0.25) is 0 Å². The largest absolute Gasteiger partial charge is 0.436 e. The predicted molar refractivity (Wildman–Crippen MR) is 60.6 cm³/mol. The Morgan fingerprint density at radius 2 is 1.87 bits per heavy atom. The highest BCUT2D eigenvalue weighted by Gasteiger charge is 2.11. The maximum absolute atomic E-state index is 10.8. The van der Waals surface area contributed by atoms with Gasteiger partial charge in [0.2, 0.25) is 6.29 Å². The summed E-state index contributed by atoms with van der Waals surface area (Å²) in [6, 6.07) is 0. The van der Waals surface area contributed by atoms with Crippen LogP contribution in [0.3, 0.4) is 0 Å². The van der Waals surface area contributed by atoms with E-state index in [1.165, 1.54) is 26.2 Å². The summed E-state index contributed by atoms with van der Waals surface area (Å²) in [7, 11) is 0. The third kappa shape index (κ3) is 9.73. The molecule has 1 unspecified atom stereocenters. The molecule has 0 aliphatic carbocycles. The minimum absolute atomic E-state index is 0.258. The first kappa shape index (κ1) is 14.4. The second kappa shape index (κ2) is 9.97. The molecule has 0 amide bonds. The fraction of sp³-hybridized carbons (Fsp3) is 0.917. The number of carbonyl (C=O) groups is 1. The molecule has 0 heterocycles. The van der Waals surface area contributed by atoms with E-state index in [0.717, 1.165) is 19.3 Å². The van der Waals surface area contributed by atoms with Crippen LogP contribution in [0.4, 0.5) is 0 Å². The summed E-state index contributed by atoms with van der Waals surface area (Å²) in [5, 5.41) is 0. The lowest BCUT2D eigenvalue weighted by Crippen LogP contribution is -2.20. The van der Waals surface area contributed by atoms with Crippen LogP contribution in [0, 0.1) is 0 Å². The molecule has 0 rings (SSSR count). The van der Waals surface area contributed by atoms with Crippen LogP contribution in [-0.4, -0.2) is 18.9 Å². The van der Waals surface area contributed by atoms with Crippen molar-refractivity contribution in [3.8, 4) is 0 Å². The van der Waals surface area contributed by atoms with E-state index in [1.54, 1.807) is 0 Å². The van der Waals surface area contributed by atoms with Crippen molar-refractivity contribution in [2.24, 2.45) is 0 Å². The minimum Gasteiger partial charge on any atom is -0.436 e. The van der Waals surface area contributed by atoms with Gasteiger partial charge in [-0.1, -0.05) is 33.1 Å². The molecule has 0 N–H and O–H groups in total. The molecule has 0 saturated carbocycles. The number of ether oxygens (including phenoxy) is 2. The van der Waals surface area contributed by atoms with Gasteiger partial charge in [0, 0.05) is 13.3 Å². The van der Waals surface area contributed by atoms with Gasteiger partial charge in [0.05, 0.1) is 6.61 Å². The van der Waals surface area contributed by atoms with E-state index in [1.807, 2.05) is 6.92 Å².